The Morgan fingerprint density at radius 3 is 3.08 bits per heavy atom. The van der Waals surface area contributed by atoms with Gasteiger partial charge in [0, 0.05) is 12.4 Å². The van der Waals surface area contributed by atoms with E-state index in [1.54, 1.807) is 11.3 Å². The molecule has 1 fully saturated rings. The molecule has 1 heterocycles. The predicted molar refractivity (Wildman–Crippen MR) is 54.1 cm³/mol. The lowest BCUT2D eigenvalue weighted by Crippen LogP contribution is -2.21. The van der Waals surface area contributed by atoms with Crippen molar-refractivity contribution >= 4 is 16.5 Å². The fraction of sp³-hybridized carbons (Fsp3) is 0.667. The summed E-state index contributed by atoms with van der Waals surface area (Å²) in [6.07, 6.45) is 4.27. The van der Waals surface area contributed by atoms with Crippen molar-refractivity contribution in [3.05, 3.63) is 11.1 Å². The first-order valence-corrected chi connectivity index (χ1v) is 5.50. The number of nitrogens with one attached hydrogen (secondary N) is 1. The number of nitrogens with zero attached hydrogens (tertiary/aromatic N) is 1. The molecule has 1 aromatic heterocycles. The first-order chi connectivity index (χ1) is 6.38. The lowest BCUT2D eigenvalue weighted by Gasteiger charge is -2.24. The summed E-state index contributed by atoms with van der Waals surface area (Å²) >= 11 is 1.62. The minimum absolute atomic E-state index is 0.500. The fourth-order valence-electron chi connectivity index (χ4n) is 1.23. The molecule has 2 rings (SSSR count). The molecule has 1 aliphatic carbocycles. The summed E-state index contributed by atoms with van der Waals surface area (Å²) < 4.78 is 5.64. The fourth-order valence-corrected chi connectivity index (χ4v) is 1.89. The van der Waals surface area contributed by atoms with Crippen LogP contribution in [0.4, 0.5) is 5.13 Å². The lowest BCUT2D eigenvalue weighted by molar-refractivity contribution is -0.00985. The van der Waals surface area contributed by atoms with E-state index >= 15 is 0 Å². The number of rotatable bonds is 4. The third-order valence-electron chi connectivity index (χ3n) is 2.28. The predicted octanol–water partition coefficient (Wildman–Crippen LogP) is 2.25. The van der Waals surface area contributed by atoms with Crippen LogP contribution < -0.4 is 5.32 Å². The van der Waals surface area contributed by atoms with Gasteiger partial charge in [-0.05, 0) is 19.3 Å². The van der Waals surface area contributed by atoms with Gasteiger partial charge < -0.3 is 10.1 Å². The van der Waals surface area contributed by atoms with E-state index in [9.17, 15) is 0 Å². The Morgan fingerprint density at radius 2 is 2.54 bits per heavy atom. The minimum atomic E-state index is 0.500. The Balaban J connectivity index is 1.79. The zero-order chi connectivity index (χ0) is 9.10. The standard InChI is InChI=1S/C9H14N2OS/c1-10-9-11-7(6-13-9)5-12-8-3-2-4-8/h6,8H,2-5H2,1H3,(H,10,11). The van der Waals surface area contributed by atoms with Crippen LogP contribution in [0.3, 0.4) is 0 Å². The second-order valence-corrected chi connectivity index (χ2v) is 4.12. The van der Waals surface area contributed by atoms with Gasteiger partial charge in [0.05, 0.1) is 18.4 Å². The highest BCUT2D eigenvalue weighted by atomic mass is 32.1. The molecule has 0 spiro atoms. The van der Waals surface area contributed by atoms with E-state index in [1.807, 2.05) is 12.4 Å². The van der Waals surface area contributed by atoms with Crippen molar-refractivity contribution < 1.29 is 4.74 Å². The first-order valence-electron chi connectivity index (χ1n) is 4.62. The van der Waals surface area contributed by atoms with Crippen molar-refractivity contribution in [2.45, 2.75) is 32.0 Å². The molecule has 1 saturated carbocycles. The maximum Gasteiger partial charge on any atom is 0.182 e. The Hall–Kier alpha value is -0.610. The van der Waals surface area contributed by atoms with Crippen molar-refractivity contribution in [3.8, 4) is 0 Å². The van der Waals surface area contributed by atoms with E-state index < -0.39 is 0 Å². The zero-order valence-corrected chi connectivity index (χ0v) is 8.56. The quantitative estimate of drug-likeness (QED) is 0.805. The highest BCUT2D eigenvalue weighted by molar-refractivity contribution is 7.13. The molecule has 0 saturated heterocycles. The number of hydrogen-bond donors (Lipinski definition) is 1. The summed E-state index contributed by atoms with van der Waals surface area (Å²) in [6.45, 7) is 0.669. The molecule has 4 heteroatoms. The third kappa shape index (κ3) is 2.19. The van der Waals surface area contributed by atoms with Gasteiger partial charge in [0.15, 0.2) is 5.13 Å². The summed E-state index contributed by atoms with van der Waals surface area (Å²) in [5.74, 6) is 0. The van der Waals surface area contributed by atoms with Gasteiger partial charge in [0.1, 0.15) is 0 Å². The summed E-state index contributed by atoms with van der Waals surface area (Å²) in [7, 11) is 1.88. The Labute approximate surface area is 82.1 Å². The second kappa shape index (κ2) is 4.07. The van der Waals surface area contributed by atoms with E-state index in [1.165, 1.54) is 19.3 Å². The van der Waals surface area contributed by atoms with E-state index in [2.05, 4.69) is 10.3 Å². The van der Waals surface area contributed by atoms with E-state index in [0.717, 1.165) is 10.8 Å². The maximum atomic E-state index is 5.64. The van der Waals surface area contributed by atoms with Crippen molar-refractivity contribution in [2.24, 2.45) is 0 Å². The molecule has 13 heavy (non-hydrogen) atoms. The van der Waals surface area contributed by atoms with Gasteiger partial charge in [-0.15, -0.1) is 11.3 Å². The van der Waals surface area contributed by atoms with E-state index in [4.69, 9.17) is 4.74 Å². The molecule has 0 aliphatic heterocycles. The van der Waals surface area contributed by atoms with Gasteiger partial charge in [-0.25, -0.2) is 4.98 Å². The number of hydrogen-bond acceptors (Lipinski definition) is 4. The van der Waals surface area contributed by atoms with E-state index in [0.29, 0.717) is 12.7 Å². The number of aromatic nitrogens is 1. The molecule has 1 aliphatic rings. The molecule has 1 N–H and O–H groups in total. The van der Waals surface area contributed by atoms with Crippen molar-refractivity contribution in [1.82, 2.24) is 4.98 Å². The first kappa shape index (κ1) is 8.97. The summed E-state index contributed by atoms with van der Waals surface area (Å²) in [4.78, 5) is 4.34. The zero-order valence-electron chi connectivity index (χ0n) is 7.75. The number of thiazole rings is 1. The van der Waals surface area contributed by atoms with Crippen LogP contribution in [0.2, 0.25) is 0 Å². The number of ether oxygens (including phenoxy) is 1. The van der Waals surface area contributed by atoms with Gasteiger partial charge >= 0.3 is 0 Å². The highest BCUT2D eigenvalue weighted by Crippen LogP contribution is 2.23. The topological polar surface area (TPSA) is 34.2 Å². The molecule has 3 nitrogen and oxygen atoms in total. The van der Waals surface area contributed by atoms with Crippen LogP contribution in [0.15, 0.2) is 5.38 Å². The van der Waals surface area contributed by atoms with Gasteiger partial charge in [0.25, 0.3) is 0 Å². The van der Waals surface area contributed by atoms with Gasteiger partial charge in [-0.2, -0.15) is 0 Å². The lowest BCUT2D eigenvalue weighted by atomic mass is 9.96. The molecule has 0 amide bonds. The van der Waals surface area contributed by atoms with Crippen LogP contribution >= 0.6 is 11.3 Å². The Kier molecular flexibility index (Phi) is 2.80. The summed E-state index contributed by atoms with van der Waals surface area (Å²) in [6, 6.07) is 0. The summed E-state index contributed by atoms with van der Waals surface area (Å²) in [5, 5.41) is 6.03. The largest absolute Gasteiger partial charge is 0.372 e. The SMILES string of the molecule is CNc1nc(COC2CCC2)cs1. The molecule has 1 aromatic rings. The van der Waals surface area contributed by atoms with Gasteiger partial charge in [-0.3, -0.25) is 0 Å². The highest BCUT2D eigenvalue weighted by Gasteiger charge is 2.17. The molecule has 0 atom stereocenters. The normalized spacial score (nSPS) is 17.0. The molecule has 0 radical (unpaired) electrons. The molecule has 0 aromatic carbocycles. The second-order valence-electron chi connectivity index (χ2n) is 3.26. The van der Waals surface area contributed by atoms with Crippen LogP contribution in [0, 0.1) is 0 Å². The third-order valence-corrected chi connectivity index (χ3v) is 3.19. The Bertz CT molecular complexity index is 270. The van der Waals surface area contributed by atoms with E-state index in [-0.39, 0.29) is 0 Å². The molecular weight excluding hydrogens is 184 g/mol. The molecule has 0 bridgehead atoms. The van der Waals surface area contributed by atoms with Crippen molar-refractivity contribution in [3.63, 3.8) is 0 Å². The molecule has 0 unspecified atom stereocenters. The van der Waals surface area contributed by atoms with Gasteiger partial charge in [0.2, 0.25) is 0 Å². The summed E-state index contributed by atoms with van der Waals surface area (Å²) in [5.41, 5.74) is 1.04. The van der Waals surface area contributed by atoms with Crippen molar-refractivity contribution in [1.29, 1.82) is 0 Å². The molecule has 72 valence electrons. The van der Waals surface area contributed by atoms with Crippen LogP contribution in [0.1, 0.15) is 25.0 Å². The van der Waals surface area contributed by atoms with Gasteiger partial charge in [-0.1, -0.05) is 0 Å². The smallest absolute Gasteiger partial charge is 0.182 e. The number of anilines is 1. The van der Waals surface area contributed by atoms with Crippen LogP contribution in [0.5, 0.6) is 0 Å². The molecular formula is C9H14N2OS. The maximum absolute atomic E-state index is 5.64. The van der Waals surface area contributed by atoms with Crippen LogP contribution in [0.25, 0.3) is 0 Å². The van der Waals surface area contributed by atoms with Crippen LogP contribution in [-0.2, 0) is 11.3 Å². The van der Waals surface area contributed by atoms with Crippen molar-refractivity contribution in [2.75, 3.05) is 12.4 Å². The Morgan fingerprint density at radius 1 is 1.69 bits per heavy atom. The average molecular weight is 198 g/mol. The minimum Gasteiger partial charge on any atom is -0.372 e. The van der Waals surface area contributed by atoms with Crippen LogP contribution in [-0.4, -0.2) is 18.1 Å². The monoisotopic (exact) mass is 198 g/mol. The average Bonchev–Trinajstić information content (AvgIpc) is 2.49.